The lowest BCUT2D eigenvalue weighted by Gasteiger charge is -2.43. The fourth-order valence-corrected chi connectivity index (χ4v) is 8.35. The summed E-state index contributed by atoms with van der Waals surface area (Å²) in [5, 5.41) is 3.42. The number of hydrogen-bond donors (Lipinski definition) is 0. The van der Waals surface area contributed by atoms with E-state index in [0.29, 0.717) is 5.82 Å². The van der Waals surface area contributed by atoms with Crippen LogP contribution in [0, 0.1) is 5.92 Å². The Balaban J connectivity index is 1.25. The Kier molecular flexibility index (Phi) is 5.32. The molecule has 3 atom stereocenters. The van der Waals surface area contributed by atoms with Crippen LogP contribution in [0.5, 0.6) is 11.5 Å². The largest absolute Gasteiger partial charge is 0.457 e. The average molecular weight is 589 g/mol. The molecular weight excluding hydrogens is 560 g/mol. The molecule has 216 valence electrons. The summed E-state index contributed by atoms with van der Waals surface area (Å²) in [7, 11) is 0. The van der Waals surface area contributed by atoms with Crippen LogP contribution in [0.1, 0.15) is 28.2 Å². The minimum atomic E-state index is -0.419. The number of allylic oxidation sites excluding steroid dienone is 4. The number of nitrogens with zero attached hydrogens (tertiary/aromatic N) is 2. The second-order valence-electron chi connectivity index (χ2n) is 12.5. The van der Waals surface area contributed by atoms with Gasteiger partial charge in [0.15, 0.2) is 5.82 Å². The molecule has 6 aromatic carbocycles. The van der Waals surface area contributed by atoms with Gasteiger partial charge in [0.25, 0.3) is 0 Å². The van der Waals surface area contributed by atoms with Crippen molar-refractivity contribution in [2.75, 3.05) is 0 Å². The predicted octanol–water partition coefficient (Wildman–Crippen LogP) is 10.4. The SMILES string of the molecule is C1=CC2c3ccccc3C3(c4ccccc4Oc4ccc(-c5nc(-c6cccc7ccccc67)c6ccccc6n5)cc43)C2C=C1. The van der Waals surface area contributed by atoms with Crippen molar-refractivity contribution in [2.24, 2.45) is 5.92 Å². The molecule has 7 aromatic rings. The first-order valence-electron chi connectivity index (χ1n) is 15.9. The van der Waals surface area contributed by atoms with Crippen molar-refractivity contribution in [2.45, 2.75) is 11.3 Å². The number of benzene rings is 6. The molecule has 1 aromatic heterocycles. The van der Waals surface area contributed by atoms with Crippen LogP contribution >= 0.6 is 0 Å². The van der Waals surface area contributed by atoms with Crippen molar-refractivity contribution >= 4 is 21.7 Å². The van der Waals surface area contributed by atoms with E-state index in [9.17, 15) is 0 Å². The lowest BCUT2D eigenvalue weighted by Crippen LogP contribution is -2.37. The highest BCUT2D eigenvalue weighted by molar-refractivity contribution is 6.03. The first-order chi connectivity index (χ1) is 22.8. The lowest BCUT2D eigenvalue weighted by atomic mass is 9.61. The van der Waals surface area contributed by atoms with Gasteiger partial charge in [0.05, 0.1) is 16.6 Å². The van der Waals surface area contributed by atoms with Crippen molar-refractivity contribution < 1.29 is 4.74 Å². The zero-order chi connectivity index (χ0) is 30.2. The molecule has 3 unspecified atom stereocenters. The van der Waals surface area contributed by atoms with Crippen LogP contribution in [0.15, 0.2) is 158 Å². The summed E-state index contributed by atoms with van der Waals surface area (Å²) in [4.78, 5) is 10.5. The number of aromatic nitrogens is 2. The van der Waals surface area contributed by atoms with Gasteiger partial charge in [-0.2, -0.15) is 0 Å². The lowest BCUT2D eigenvalue weighted by molar-refractivity contribution is 0.374. The standard InChI is InChI=1S/C43H28N2O/c1-2-14-29-27(12-1)13-11-18-32(29)41-33-17-5-9-22-38(33)44-42(45-41)28-24-25-40-37(26-28)43(36-21-8-10-23-39(36)46-40)34-19-6-3-15-30(34)31-16-4-7-20-35(31)43/h1-26,30,34H. The predicted molar refractivity (Wildman–Crippen MR) is 185 cm³/mol. The summed E-state index contributed by atoms with van der Waals surface area (Å²) in [6.45, 7) is 0. The Morgan fingerprint density at radius 3 is 2.26 bits per heavy atom. The van der Waals surface area contributed by atoms with E-state index in [1.807, 2.05) is 0 Å². The molecule has 3 aliphatic rings. The molecule has 0 N–H and O–H groups in total. The Morgan fingerprint density at radius 1 is 0.565 bits per heavy atom. The minimum absolute atomic E-state index is 0.206. The molecule has 0 saturated carbocycles. The first kappa shape index (κ1) is 25.5. The van der Waals surface area contributed by atoms with Gasteiger partial charge in [0.2, 0.25) is 0 Å². The molecule has 3 heteroatoms. The first-order valence-corrected chi connectivity index (χ1v) is 15.9. The third kappa shape index (κ3) is 3.43. The van der Waals surface area contributed by atoms with Crippen LogP contribution in [0.4, 0.5) is 0 Å². The van der Waals surface area contributed by atoms with Crippen LogP contribution in [-0.2, 0) is 5.41 Å². The Bertz CT molecular complexity index is 2430. The summed E-state index contributed by atoms with van der Waals surface area (Å²) < 4.78 is 6.68. The van der Waals surface area contributed by atoms with Gasteiger partial charge in [-0.15, -0.1) is 0 Å². The van der Waals surface area contributed by atoms with E-state index in [1.165, 1.54) is 27.5 Å². The fraction of sp³-hybridized carbons (Fsp3) is 0.0698. The Hall–Kier alpha value is -5.80. The molecule has 3 nitrogen and oxygen atoms in total. The molecule has 0 amide bonds. The van der Waals surface area contributed by atoms with Gasteiger partial charge in [0.1, 0.15) is 11.5 Å². The van der Waals surface area contributed by atoms with Crippen molar-refractivity contribution in [1.82, 2.24) is 9.97 Å². The van der Waals surface area contributed by atoms with E-state index in [-0.39, 0.29) is 11.8 Å². The maximum absolute atomic E-state index is 6.68. The molecule has 2 heterocycles. The highest BCUT2D eigenvalue weighted by Gasteiger charge is 2.56. The zero-order valence-corrected chi connectivity index (χ0v) is 25.0. The second kappa shape index (κ2) is 9.60. The van der Waals surface area contributed by atoms with Crippen LogP contribution < -0.4 is 4.74 Å². The molecule has 1 aliphatic heterocycles. The number of fused-ring (bicyclic) bond motifs is 11. The van der Waals surface area contributed by atoms with E-state index in [0.717, 1.165) is 44.8 Å². The fourth-order valence-electron chi connectivity index (χ4n) is 8.35. The third-order valence-corrected chi connectivity index (χ3v) is 10.2. The summed E-state index contributed by atoms with van der Waals surface area (Å²) in [6.07, 6.45) is 9.16. The molecule has 0 bridgehead atoms. The summed E-state index contributed by atoms with van der Waals surface area (Å²) in [5.41, 5.74) is 8.61. The Labute approximate surface area is 267 Å². The maximum Gasteiger partial charge on any atom is 0.160 e. The average Bonchev–Trinajstić information content (AvgIpc) is 3.42. The van der Waals surface area contributed by atoms with Crippen molar-refractivity contribution in [3.63, 3.8) is 0 Å². The minimum Gasteiger partial charge on any atom is -0.457 e. The molecule has 0 fully saturated rings. The topological polar surface area (TPSA) is 35.0 Å². The molecule has 2 aliphatic carbocycles. The van der Waals surface area contributed by atoms with Gasteiger partial charge in [-0.1, -0.05) is 127 Å². The monoisotopic (exact) mass is 588 g/mol. The van der Waals surface area contributed by atoms with Crippen LogP contribution in [0.3, 0.4) is 0 Å². The quantitative estimate of drug-likeness (QED) is 0.202. The summed E-state index contributed by atoms with van der Waals surface area (Å²) >= 11 is 0. The summed E-state index contributed by atoms with van der Waals surface area (Å²) in [5.74, 6) is 2.99. The molecule has 0 radical (unpaired) electrons. The van der Waals surface area contributed by atoms with Gasteiger partial charge in [0, 0.05) is 39.5 Å². The smallest absolute Gasteiger partial charge is 0.160 e. The van der Waals surface area contributed by atoms with Gasteiger partial charge in [-0.25, -0.2) is 9.97 Å². The normalized spacial score (nSPS) is 20.3. The second-order valence-corrected chi connectivity index (χ2v) is 12.5. The van der Waals surface area contributed by atoms with Crippen molar-refractivity contribution in [3.05, 3.63) is 180 Å². The summed E-state index contributed by atoms with van der Waals surface area (Å²) in [6, 6.07) is 47.4. The number of ether oxygens (including phenoxy) is 1. The Morgan fingerprint density at radius 2 is 1.30 bits per heavy atom. The molecular formula is C43H28N2O. The molecule has 1 spiro atoms. The van der Waals surface area contributed by atoms with Gasteiger partial charge in [-0.3, -0.25) is 0 Å². The van der Waals surface area contributed by atoms with E-state index in [1.54, 1.807) is 0 Å². The highest BCUT2D eigenvalue weighted by atomic mass is 16.5. The van der Waals surface area contributed by atoms with Gasteiger partial charge in [-0.05, 0) is 52.2 Å². The van der Waals surface area contributed by atoms with E-state index >= 15 is 0 Å². The van der Waals surface area contributed by atoms with E-state index < -0.39 is 5.41 Å². The van der Waals surface area contributed by atoms with Crippen molar-refractivity contribution in [3.8, 4) is 34.1 Å². The number of rotatable bonds is 2. The van der Waals surface area contributed by atoms with E-state index in [4.69, 9.17) is 14.7 Å². The number of para-hydroxylation sites is 2. The molecule has 0 saturated heterocycles. The van der Waals surface area contributed by atoms with Crippen LogP contribution in [-0.4, -0.2) is 9.97 Å². The van der Waals surface area contributed by atoms with Gasteiger partial charge >= 0.3 is 0 Å². The van der Waals surface area contributed by atoms with Crippen molar-refractivity contribution in [1.29, 1.82) is 0 Å². The molecule has 46 heavy (non-hydrogen) atoms. The van der Waals surface area contributed by atoms with E-state index in [2.05, 4.69) is 158 Å². The number of hydrogen-bond acceptors (Lipinski definition) is 3. The highest BCUT2D eigenvalue weighted by Crippen LogP contribution is 2.64. The molecule has 10 rings (SSSR count). The maximum atomic E-state index is 6.68. The third-order valence-electron chi connectivity index (χ3n) is 10.2. The zero-order valence-electron chi connectivity index (χ0n) is 25.0. The van der Waals surface area contributed by atoms with Crippen LogP contribution in [0.25, 0.3) is 44.3 Å². The van der Waals surface area contributed by atoms with Gasteiger partial charge < -0.3 is 4.74 Å². The van der Waals surface area contributed by atoms with Crippen LogP contribution in [0.2, 0.25) is 0 Å².